The molecule has 2 heterocycles. The minimum atomic E-state index is -1.20. The molecule has 0 unspecified atom stereocenters. The van der Waals surface area contributed by atoms with Crippen LogP contribution in [0.3, 0.4) is 0 Å². The first-order chi connectivity index (χ1) is 16.4. The van der Waals surface area contributed by atoms with Gasteiger partial charge in [-0.1, -0.05) is 48.5 Å². The van der Waals surface area contributed by atoms with Crippen molar-refractivity contribution in [2.75, 3.05) is 19.7 Å². The number of imide groups is 1. The zero-order valence-corrected chi connectivity index (χ0v) is 19.9. The molecule has 2 aromatic carbocycles. The summed E-state index contributed by atoms with van der Waals surface area (Å²) in [4.78, 5) is 38.6. The first-order valence-corrected chi connectivity index (χ1v) is 12.5. The summed E-state index contributed by atoms with van der Waals surface area (Å²) in [5.41, 5.74) is 3.07. The second kappa shape index (κ2) is 7.80. The third kappa shape index (κ3) is 2.82. The largest absolute Gasteiger partial charge is 0.376 e. The van der Waals surface area contributed by atoms with Crippen molar-refractivity contribution in [1.29, 1.82) is 0 Å². The molecule has 7 rings (SSSR count). The molecule has 0 aromatic heterocycles. The Labute approximate surface area is 207 Å². The van der Waals surface area contributed by atoms with Gasteiger partial charge in [0.1, 0.15) is 9.75 Å². The summed E-state index contributed by atoms with van der Waals surface area (Å²) in [5.74, 6) is -2.63. The Morgan fingerprint density at radius 3 is 1.88 bits per heavy atom. The van der Waals surface area contributed by atoms with E-state index in [0.29, 0.717) is 13.2 Å². The molecule has 3 amide bonds. The van der Waals surface area contributed by atoms with Crippen molar-refractivity contribution in [1.82, 2.24) is 10.2 Å². The van der Waals surface area contributed by atoms with Crippen molar-refractivity contribution < 1.29 is 19.1 Å². The smallest absolute Gasteiger partial charge is 0.235 e. The van der Waals surface area contributed by atoms with Gasteiger partial charge in [-0.15, -0.1) is 23.2 Å². The summed E-state index contributed by atoms with van der Waals surface area (Å²) in [6.07, 6.45) is 1.96. The predicted molar refractivity (Wildman–Crippen MR) is 126 cm³/mol. The number of amides is 3. The van der Waals surface area contributed by atoms with Crippen LogP contribution in [-0.2, 0) is 28.9 Å². The molecule has 1 N–H and O–H groups in total. The minimum Gasteiger partial charge on any atom is -0.376 e. The SMILES string of the molecule is O=C(CCN1C(=O)[C@@H]2[C@H](C1=O)C1(Cl)c3ccccc3C2(Cl)c2ccccc21)NC[C@H]1CCCO1. The van der Waals surface area contributed by atoms with Crippen molar-refractivity contribution >= 4 is 40.9 Å². The number of benzene rings is 2. The molecule has 0 radical (unpaired) electrons. The normalized spacial score (nSPS) is 33.0. The monoisotopic (exact) mass is 498 g/mol. The third-order valence-corrected chi connectivity index (χ3v) is 9.07. The second-order valence-corrected chi connectivity index (χ2v) is 10.7. The number of carbonyl (C=O) groups excluding carboxylic acids is 3. The van der Waals surface area contributed by atoms with Crippen molar-refractivity contribution in [3.05, 3.63) is 70.8 Å². The van der Waals surface area contributed by atoms with Gasteiger partial charge < -0.3 is 10.1 Å². The topological polar surface area (TPSA) is 75.7 Å². The Morgan fingerprint density at radius 2 is 1.44 bits per heavy atom. The number of nitrogens with one attached hydrogen (secondary N) is 1. The van der Waals surface area contributed by atoms with Crippen LogP contribution in [0.25, 0.3) is 0 Å². The molecule has 0 spiro atoms. The highest BCUT2D eigenvalue weighted by atomic mass is 35.5. The minimum absolute atomic E-state index is 0.00531. The Kier molecular flexibility index (Phi) is 5.07. The van der Waals surface area contributed by atoms with E-state index in [1.807, 2.05) is 48.5 Å². The fraction of sp³-hybridized carbons (Fsp3) is 0.423. The van der Waals surface area contributed by atoms with E-state index in [1.54, 1.807) is 0 Å². The van der Waals surface area contributed by atoms with Gasteiger partial charge >= 0.3 is 0 Å². The van der Waals surface area contributed by atoms with Gasteiger partial charge in [0.05, 0.1) is 17.9 Å². The van der Waals surface area contributed by atoms with E-state index in [1.165, 1.54) is 4.90 Å². The third-order valence-electron chi connectivity index (χ3n) is 7.79. The Bertz CT molecular complexity index is 1090. The summed E-state index contributed by atoms with van der Waals surface area (Å²) < 4.78 is 5.53. The number of carbonyl (C=O) groups is 3. The van der Waals surface area contributed by atoms with Crippen LogP contribution in [-0.4, -0.2) is 48.4 Å². The molecule has 3 aliphatic carbocycles. The van der Waals surface area contributed by atoms with Gasteiger partial charge in [-0.2, -0.15) is 0 Å². The molecule has 5 aliphatic rings. The average Bonchev–Trinajstić information content (AvgIpc) is 3.46. The predicted octanol–water partition coefficient (Wildman–Crippen LogP) is 3.26. The molecule has 2 bridgehead atoms. The highest BCUT2D eigenvalue weighted by Gasteiger charge is 2.72. The first-order valence-electron chi connectivity index (χ1n) is 11.7. The highest BCUT2D eigenvalue weighted by molar-refractivity contribution is 6.36. The molecule has 3 atom stereocenters. The molecule has 6 nitrogen and oxygen atoms in total. The maximum atomic E-state index is 13.7. The van der Waals surface area contributed by atoms with Crippen LogP contribution in [0, 0.1) is 11.8 Å². The Hall–Kier alpha value is -2.41. The second-order valence-electron chi connectivity index (χ2n) is 9.49. The van der Waals surface area contributed by atoms with Crippen LogP contribution in [0.1, 0.15) is 41.5 Å². The molecule has 176 valence electrons. The number of nitrogens with zero attached hydrogens (tertiary/aromatic N) is 1. The molecule has 0 saturated carbocycles. The standard InChI is InChI=1S/C26H24Cl2N2O4/c27-25-16-7-1-2-8-17(16)26(28,19-10-4-3-9-18(19)25)22-21(25)23(32)30(24(22)33)12-11-20(31)29-14-15-6-5-13-34-15/h1-4,7-10,15,21-22H,5-6,11-14H2,(H,29,31)/t15-,21-,22+,25?,26?/m1/s1. The molecule has 34 heavy (non-hydrogen) atoms. The molecule has 2 aromatic rings. The quantitative estimate of drug-likeness (QED) is 0.507. The lowest BCUT2D eigenvalue weighted by molar-refractivity contribution is -0.140. The fourth-order valence-electron chi connectivity index (χ4n) is 6.28. The van der Waals surface area contributed by atoms with Gasteiger partial charge in [-0.05, 0) is 35.1 Å². The molecule has 8 heteroatoms. The number of halogens is 2. The van der Waals surface area contributed by atoms with Gasteiger partial charge in [0, 0.05) is 26.1 Å². The van der Waals surface area contributed by atoms with E-state index in [9.17, 15) is 14.4 Å². The van der Waals surface area contributed by atoms with Crippen molar-refractivity contribution in [3.8, 4) is 0 Å². The van der Waals surface area contributed by atoms with Crippen LogP contribution in [0.4, 0.5) is 0 Å². The van der Waals surface area contributed by atoms with E-state index in [-0.39, 0.29) is 36.8 Å². The Morgan fingerprint density at radius 1 is 0.941 bits per heavy atom. The number of ether oxygens (including phenoxy) is 1. The van der Waals surface area contributed by atoms with Gasteiger partial charge in [-0.3, -0.25) is 19.3 Å². The van der Waals surface area contributed by atoms with Crippen LogP contribution in [0.5, 0.6) is 0 Å². The summed E-state index contributed by atoms with van der Waals surface area (Å²) in [6, 6.07) is 15.1. The van der Waals surface area contributed by atoms with E-state index < -0.39 is 21.6 Å². The summed E-state index contributed by atoms with van der Waals surface area (Å²) in [5, 5.41) is 2.85. The van der Waals surface area contributed by atoms with Gasteiger partial charge in [0.2, 0.25) is 17.7 Å². The van der Waals surface area contributed by atoms with Crippen molar-refractivity contribution in [2.24, 2.45) is 11.8 Å². The number of hydrogen-bond donors (Lipinski definition) is 1. The summed E-state index contributed by atoms with van der Waals surface area (Å²) in [7, 11) is 0. The number of hydrogen-bond acceptors (Lipinski definition) is 4. The lowest BCUT2D eigenvalue weighted by atomic mass is 9.54. The van der Waals surface area contributed by atoms with Gasteiger partial charge in [-0.25, -0.2) is 0 Å². The Balaban J connectivity index is 1.32. The van der Waals surface area contributed by atoms with E-state index in [0.717, 1.165) is 35.1 Å². The van der Waals surface area contributed by atoms with Gasteiger partial charge in [0.15, 0.2) is 0 Å². The lowest BCUT2D eigenvalue weighted by Crippen LogP contribution is -2.57. The maximum Gasteiger partial charge on any atom is 0.235 e. The van der Waals surface area contributed by atoms with Crippen LogP contribution >= 0.6 is 23.2 Å². The van der Waals surface area contributed by atoms with E-state index in [4.69, 9.17) is 27.9 Å². The average molecular weight is 499 g/mol. The van der Waals surface area contributed by atoms with Crippen LogP contribution in [0.2, 0.25) is 0 Å². The number of alkyl halides is 2. The van der Waals surface area contributed by atoms with E-state index in [2.05, 4.69) is 5.32 Å². The van der Waals surface area contributed by atoms with Gasteiger partial charge in [0.25, 0.3) is 0 Å². The first kappa shape index (κ1) is 22.1. The lowest BCUT2D eigenvalue weighted by Gasteiger charge is -2.54. The molecular formula is C26H24Cl2N2O4. The molecule has 2 fully saturated rings. The number of rotatable bonds is 5. The van der Waals surface area contributed by atoms with Crippen LogP contribution < -0.4 is 5.32 Å². The van der Waals surface area contributed by atoms with E-state index >= 15 is 0 Å². The summed E-state index contributed by atoms with van der Waals surface area (Å²) >= 11 is 14.8. The number of likely N-dealkylation sites (tertiary alicyclic amines) is 1. The zero-order valence-electron chi connectivity index (χ0n) is 18.4. The zero-order chi connectivity index (χ0) is 23.7. The maximum absolute atomic E-state index is 13.7. The molecular weight excluding hydrogens is 475 g/mol. The highest BCUT2D eigenvalue weighted by Crippen LogP contribution is 2.69. The van der Waals surface area contributed by atoms with Crippen LogP contribution in [0.15, 0.2) is 48.5 Å². The summed E-state index contributed by atoms with van der Waals surface area (Å²) in [6.45, 7) is 1.14. The van der Waals surface area contributed by atoms with Crippen molar-refractivity contribution in [2.45, 2.75) is 35.1 Å². The molecule has 2 aliphatic heterocycles. The fourth-order valence-corrected chi connectivity index (χ4v) is 7.38. The molecule has 2 saturated heterocycles. The van der Waals surface area contributed by atoms with Crippen molar-refractivity contribution in [3.63, 3.8) is 0 Å².